The summed E-state index contributed by atoms with van der Waals surface area (Å²) in [7, 11) is 0. The zero-order valence-corrected chi connectivity index (χ0v) is 14.6. The molecule has 0 unspecified atom stereocenters. The fourth-order valence-electron chi connectivity index (χ4n) is 2.86. The summed E-state index contributed by atoms with van der Waals surface area (Å²) in [4.78, 5) is 12.2. The molecule has 0 radical (unpaired) electrons. The van der Waals surface area contributed by atoms with Crippen molar-refractivity contribution >= 4 is 22.5 Å². The van der Waals surface area contributed by atoms with Crippen molar-refractivity contribution in [2.24, 2.45) is 0 Å². The number of carbonyl (C=O) groups excluding carboxylic acids is 1. The predicted molar refractivity (Wildman–Crippen MR) is 104 cm³/mol. The monoisotopic (exact) mass is 350 g/mol. The van der Waals surface area contributed by atoms with Gasteiger partial charge in [0.1, 0.15) is 5.75 Å². The molecule has 3 N–H and O–H groups in total. The van der Waals surface area contributed by atoms with Gasteiger partial charge in [-0.3, -0.25) is 0 Å². The maximum atomic E-state index is 12.2. The second-order valence-electron chi connectivity index (χ2n) is 5.85. The molecule has 3 aromatic carbocycles. The average Bonchev–Trinajstić information content (AvgIpc) is 2.67. The summed E-state index contributed by atoms with van der Waals surface area (Å²) in [5.74, 6) is 0.611. The molecule has 134 valence electrons. The SMILES string of the molecule is CCOc1ccccc1NC(=O)NC[C@H](O)c1cccc2ccccc12. The minimum Gasteiger partial charge on any atom is -0.492 e. The van der Waals surface area contributed by atoms with Crippen LogP contribution in [0.15, 0.2) is 66.7 Å². The van der Waals surface area contributed by atoms with Crippen LogP contribution in [0, 0.1) is 0 Å². The fourth-order valence-corrected chi connectivity index (χ4v) is 2.86. The Labute approximate surface area is 152 Å². The minimum absolute atomic E-state index is 0.108. The van der Waals surface area contributed by atoms with Gasteiger partial charge < -0.3 is 20.5 Å². The van der Waals surface area contributed by atoms with E-state index in [1.165, 1.54) is 0 Å². The van der Waals surface area contributed by atoms with Gasteiger partial charge in [-0.2, -0.15) is 0 Å². The van der Waals surface area contributed by atoms with Crippen molar-refractivity contribution < 1.29 is 14.6 Å². The van der Waals surface area contributed by atoms with E-state index >= 15 is 0 Å². The molecule has 5 nitrogen and oxygen atoms in total. The molecule has 0 saturated heterocycles. The molecule has 0 saturated carbocycles. The highest BCUT2D eigenvalue weighted by atomic mass is 16.5. The van der Waals surface area contributed by atoms with Crippen molar-refractivity contribution in [2.75, 3.05) is 18.5 Å². The number of aliphatic hydroxyl groups is 1. The highest BCUT2D eigenvalue weighted by Crippen LogP contribution is 2.25. The predicted octanol–water partition coefficient (Wildman–Crippen LogP) is 4.09. The molecule has 0 heterocycles. The van der Waals surface area contributed by atoms with Crippen LogP contribution in [0.25, 0.3) is 10.8 Å². The van der Waals surface area contributed by atoms with E-state index in [2.05, 4.69) is 10.6 Å². The van der Waals surface area contributed by atoms with Crippen LogP contribution >= 0.6 is 0 Å². The first-order chi connectivity index (χ1) is 12.7. The summed E-state index contributed by atoms with van der Waals surface area (Å²) in [5.41, 5.74) is 1.38. The number of anilines is 1. The van der Waals surface area contributed by atoms with E-state index in [0.29, 0.717) is 18.0 Å². The van der Waals surface area contributed by atoms with Crippen LogP contribution in [0.2, 0.25) is 0 Å². The largest absolute Gasteiger partial charge is 0.492 e. The molecule has 0 aromatic heterocycles. The number of hydrogen-bond donors (Lipinski definition) is 3. The van der Waals surface area contributed by atoms with E-state index in [1.807, 2.05) is 61.5 Å². The van der Waals surface area contributed by atoms with Crippen LogP contribution in [-0.2, 0) is 0 Å². The molecule has 3 rings (SSSR count). The number of fused-ring (bicyclic) bond motifs is 1. The van der Waals surface area contributed by atoms with Gasteiger partial charge in [-0.05, 0) is 35.4 Å². The number of rotatable bonds is 6. The number of hydrogen-bond acceptors (Lipinski definition) is 3. The number of carbonyl (C=O) groups is 1. The first kappa shape index (κ1) is 17.8. The van der Waals surface area contributed by atoms with Crippen LogP contribution in [0.5, 0.6) is 5.75 Å². The summed E-state index contributed by atoms with van der Waals surface area (Å²) in [6, 6.07) is 20.5. The standard InChI is InChI=1S/C21H22N2O3/c1-2-26-20-13-6-5-12-18(20)23-21(25)22-14-19(24)17-11-7-9-15-8-3-4-10-16(15)17/h3-13,19,24H,2,14H2,1H3,(H2,22,23,25)/t19-/m0/s1. The first-order valence-corrected chi connectivity index (χ1v) is 8.61. The van der Waals surface area contributed by atoms with Gasteiger partial charge in [-0.25, -0.2) is 4.79 Å². The third kappa shape index (κ3) is 4.13. The normalized spacial score (nSPS) is 11.8. The van der Waals surface area contributed by atoms with Crippen molar-refractivity contribution in [1.82, 2.24) is 5.32 Å². The number of amides is 2. The van der Waals surface area contributed by atoms with Crippen LogP contribution in [-0.4, -0.2) is 24.3 Å². The third-order valence-corrected chi connectivity index (χ3v) is 4.07. The number of nitrogens with one attached hydrogen (secondary N) is 2. The Morgan fingerprint density at radius 3 is 2.62 bits per heavy atom. The molecule has 0 bridgehead atoms. The molecule has 0 spiro atoms. The Bertz CT molecular complexity index is 890. The van der Waals surface area contributed by atoms with Gasteiger partial charge in [0.25, 0.3) is 0 Å². The number of aliphatic hydroxyl groups excluding tert-OH is 1. The van der Waals surface area contributed by atoms with Crippen LogP contribution in [0.3, 0.4) is 0 Å². The molecule has 0 aliphatic rings. The Hall–Kier alpha value is -3.05. The molecule has 2 amide bonds. The van der Waals surface area contributed by atoms with Crippen LogP contribution < -0.4 is 15.4 Å². The van der Waals surface area contributed by atoms with Crippen LogP contribution in [0.1, 0.15) is 18.6 Å². The minimum atomic E-state index is -0.797. The summed E-state index contributed by atoms with van der Waals surface area (Å²) in [6.07, 6.45) is -0.797. The summed E-state index contributed by atoms with van der Waals surface area (Å²) >= 11 is 0. The van der Waals surface area contributed by atoms with Crippen LogP contribution in [0.4, 0.5) is 10.5 Å². The smallest absolute Gasteiger partial charge is 0.319 e. The number of para-hydroxylation sites is 2. The van der Waals surface area contributed by atoms with Gasteiger partial charge in [-0.15, -0.1) is 0 Å². The van der Waals surface area contributed by atoms with Gasteiger partial charge in [0.15, 0.2) is 0 Å². The average molecular weight is 350 g/mol. The lowest BCUT2D eigenvalue weighted by Gasteiger charge is -2.16. The Morgan fingerprint density at radius 2 is 1.77 bits per heavy atom. The number of ether oxygens (including phenoxy) is 1. The van der Waals surface area contributed by atoms with Crippen molar-refractivity contribution in [3.05, 3.63) is 72.3 Å². The molecular weight excluding hydrogens is 328 g/mol. The Balaban J connectivity index is 1.64. The molecule has 5 heteroatoms. The van der Waals surface area contributed by atoms with Crippen molar-refractivity contribution in [3.63, 3.8) is 0 Å². The molecule has 0 aliphatic heterocycles. The molecular formula is C21H22N2O3. The van der Waals surface area contributed by atoms with E-state index in [4.69, 9.17) is 4.74 Å². The van der Waals surface area contributed by atoms with E-state index < -0.39 is 12.1 Å². The number of urea groups is 1. The van der Waals surface area contributed by atoms with Gasteiger partial charge in [-0.1, -0.05) is 54.6 Å². The lowest BCUT2D eigenvalue weighted by atomic mass is 10.0. The molecule has 0 fully saturated rings. The maximum Gasteiger partial charge on any atom is 0.319 e. The van der Waals surface area contributed by atoms with Crippen molar-refractivity contribution in [3.8, 4) is 5.75 Å². The Kier molecular flexibility index (Phi) is 5.71. The van der Waals surface area contributed by atoms with E-state index in [1.54, 1.807) is 12.1 Å². The molecule has 1 atom stereocenters. The zero-order chi connectivity index (χ0) is 18.4. The lowest BCUT2D eigenvalue weighted by molar-refractivity contribution is 0.176. The summed E-state index contributed by atoms with van der Waals surface area (Å²) < 4.78 is 5.49. The van der Waals surface area contributed by atoms with Gasteiger partial charge in [0.2, 0.25) is 0 Å². The quantitative estimate of drug-likeness (QED) is 0.627. The summed E-state index contributed by atoms with van der Waals surface area (Å²) in [5, 5.41) is 18.0. The highest BCUT2D eigenvalue weighted by molar-refractivity contribution is 5.91. The second-order valence-corrected chi connectivity index (χ2v) is 5.85. The molecule has 26 heavy (non-hydrogen) atoms. The highest BCUT2D eigenvalue weighted by Gasteiger charge is 2.13. The summed E-state index contributed by atoms with van der Waals surface area (Å²) in [6.45, 7) is 2.51. The molecule has 3 aromatic rings. The lowest BCUT2D eigenvalue weighted by Crippen LogP contribution is -2.32. The fraction of sp³-hybridized carbons (Fsp3) is 0.190. The van der Waals surface area contributed by atoms with Gasteiger partial charge >= 0.3 is 6.03 Å². The van der Waals surface area contributed by atoms with E-state index in [9.17, 15) is 9.90 Å². The van der Waals surface area contributed by atoms with Crippen molar-refractivity contribution in [1.29, 1.82) is 0 Å². The van der Waals surface area contributed by atoms with E-state index in [0.717, 1.165) is 16.3 Å². The van der Waals surface area contributed by atoms with E-state index in [-0.39, 0.29) is 6.54 Å². The number of benzene rings is 3. The van der Waals surface area contributed by atoms with Crippen molar-refractivity contribution in [2.45, 2.75) is 13.0 Å². The van der Waals surface area contributed by atoms with Gasteiger partial charge in [0.05, 0.1) is 18.4 Å². The zero-order valence-electron chi connectivity index (χ0n) is 14.6. The third-order valence-electron chi connectivity index (χ3n) is 4.07. The topological polar surface area (TPSA) is 70.6 Å². The first-order valence-electron chi connectivity index (χ1n) is 8.61. The second kappa shape index (κ2) is 8.36. The Morgan fingerprint density at radius 1 is 1.04 bits per heavy atom. The molecule has 0 aliphatic carbocycles. The van der Waals surface area contributed by atoms with Gasteiger partial charge in [0, 0.05) is 6.54 Å². The maximum absolute atomic E-state index is 12.2.